The predicted octanol–water partition coefficient (Wildman–Crippen LogP) is 3.10. The molecule has 1 aromatic carbocycles. The normalized spacial score (nSPS) is 35.0. The molecule has 4 unspecified atom stereocenters. The highest BCUT2D eigenvalue weighted by molar-refractivity contribution is 5.83. The van der Waals surface area contributed by atoms with Crippen LogP contribution in [0, 0.1) is 23.2 Å². The van der Waals surface area contributed by atoms with Crippen LogP contribution in [0.1, 0.15) is 51.9 Å². The molecule has 8 nitrogen and oxygen atoms in total. The van der Waals surface area contributed by atoms with E-state index in [9.17, 15) is 14.7 Å². The molecule has 7 rings (SSSR count). The van der Waals surface area contributed by atoms with Crippen LogP contribution in [0.3, 0.4) is 0 Å². The number of carbonyl (C=O) groups is 2. The van der Waals surface area contributed by atoms with Crippen molar-refractivity contribution >= 4 is 17.6 Å². The van der Waals surface area contributed by atoms with Gasteiger partial charge in [0.1, 0.15) is 5.75 Å². The Morgan fingerprint density at radius 2 is 1.76 bits per heavy atom. The van der Waals surface area contributed by atoms with E-state index in [2.05, 4.69) is 16.3 Å². The first-order valence-electron chi connectivity index (χ1n) is 14.5. The number of nitrogens with one attached hydrogen (secondary N) is 1. The Labute approximate surface area is 220 Å². The minimum absolute atomic E-state index is 0.0162. The maximum Gasteiger partial charge on any atom is 0.320 e. The van der Waals surface area contributed by atoms with Gasteiger partial charge in [-0.2, -0.15) is 0 Å². The largest absolute Gasteiger partial charge is 0.492 e. The van der Waals surface area contributed by atoms with Crippen LogP contribution in [0.5, 0.6) is 5.75 Å². The van der Waals surface area contributed by atoms with Crippen LogP contribution in [0.2, 0.25) is 0 Å². The number of ether oxygens (including phenoxy) is 1. The minimum Gasteiger partial charge on any atom is -0.492 e. The number of carbonyl (C=O) groups excluding carboxylic acids is 2. The zero-order valence-corrected chi connectivity index (χ0v) is 22.1. The summed E-state index contributed by atoms with van der Waals surface area (Å²) < 4.78 is 5.81. The van der Waals surface area contributed by atoms with Crippen LogP contribution in [-0.2, 0) is 4.79 Å². The van der Waals surface area contributed by atoms with Crippen molar-refractivity contribution < 1.29 is 19.4 Å². The molecular weight excluding hydrogens is 468 g/mol. The van der Waals surface area contributed by atoms with Crippen LogP contribution in [0.15, 0.2) is 24.3 Å². The number of anilines is 1. The van der Waals surface area contributed by atoms with E-state index in [1.165, 1.54) is 0 Å². The molecule has 4 aliphatic carbocycles. The van der Waals surface area contributed by atoms with Crippen LogP contribution < -0.4 is 15.0 Å². The van der Waals surface area contributed by atoms with E-state index >= 15 is 0 Å². The minimum atomic E-state index is -0.296. The summed E-state index contributed by atoms with van der Waals surface area (Å²) in [5.41, 5.74) is 0.797. The second-order valence-electron chi connectivity index (χ2n) is 12.2. The molecule has 6 aliphatic rings. The summed E-state index contributed by atoms with van der Waals surface area (Å²) in [6, 6.07) is 8.22. The Kier molecular flexibility index (Phi) is 6.72. The van der Waals surface area contributed by atoms with Crippen molar-refractivity contribution in [1.29, 1.82) is 0 Å². The lowest BCUT2D eigenvalue weighted by molar-refractivity contribution is -0.163. The number of piperazine rings is 1. The van der Waals surface area contributed by atoms with Gasteiger partial charge in [0, 0.05) is 45.3 Å². The Hall–Kier alpha value is -2.48. The number of rotatable bonds is 5. The quantitative estimate of drug-likeness (QED) is 0.636. The predicted molar refractivity (Wildman–Crippen MR) is 142 cm³/mol. The zero-order chi connectivity index (χ0) is 25.6. The van der Waals surface area contributed by atoms with Crippen molar-refractivity contribution in [2.45, 2.75) is 64.0 Å². The highest BCUT2D eigenvalue weighted by Crippen LogP contribution is 2.60. The summed E-state index contributed by atoms with van der Waals surface area (Å²) >= 11 is 0. The van der Waals surface area contributed by atoms with Gasteiger partial charge >= 0.3 is 6.03 Å². The second kappa shape index (κ2) is 10.0. The van der Waals surface area contributed by atoms with Gasteiger partial charge in [0.15, 0.2) is 0 Å². The average Bonchev–Trinajstić information content (AvgIpc) is 2.91. The van der Waals surface area contributed by atoms with Crippen LogP contribution in [-0.4, -0.2) is 84.9 Å². The third-order valence-corrected chi connectivity index (χ3v) is 9.79. The molecule has 6 atom stereocenters. The summed E-state index contributed by atoms with van der Waals surface area (Å²) in [5, 5.41) is 14.0. The third kappa shape index (κ3) is 4.66. The van der Waals surface area contributed by atoms with Gasteiger partial charge in [-0.15, -0.1) is 0 Å². The van der Waals surface area contributed by atoms with Gasteiger partial charge in [0.2, 0.25) is 5.91 Å². The number of benzene rings is 1. The number of likely N-dealkylation sites (tertiary alicyclic amines) is 1. The van der Waals surface area contributed by atoms with Crippen molar-refractivity contribution in [2.75, 3.05) is 50.8 Å². The SMILES string of the molecule is CCOc1ccccc1N1CCN(C(=O)N2CCC[C@H](NC(=O)C34CC5CC(C3)C(O)[C@H](C5)C4)C2)CC1. The fourth-order valence-electron chi connectivity index (χ4n) is 8.22. The average molecular weight is 511 g/mol. The highest BCUT2D eigenvalue weighted by atomic mass is 16.5. The van der Waals surface area contributed by atoms with Crippen molar-refractivity contribution in [2.24, 2.45) is 23.2 Å². The van der Waals surface area contributed by atoms with Gasteiger partial charge in [0.05, 0.1) is 23.8 Å². The number of para-hydroxylation sites is 2. The first kappa shape index (κ1) is 24.8. The second-order valence-corrected chi connectivity index (χ2v) is 12.2. The van der Waals surface area contributed by atoms with Gasteiger partial charge in [0.25, 0.3) is 0 Å². The maximum atomic E-state index is 13.6. The lowest BCUT2D eigenvalue weighted by atomic mass is 9.48. The zero-order valence-electron chi connectivity index (χ0n) is 22.1. The molecule has 3 amide bonds. The molecule has 6 fully saturated rings. The van der Waals surface area contributed by atoms with Crippen LogP contribution in [0.4, 0.5) is 10.5 Å². The smallest absolute Gasteiger partial charge is 0.320 e. The summed E-state index contributed by atoms with van der Waals surface area (Å²) in [5.74, 6) is 2.25. The number of urea groups is 1. The Bertz CT molecular complexity index is 993. The monoisotopic (exact) mass is 510 g/mol. The van der Waals surface area contributed by atoms with E-state index < -0.39 is 0 Å². The number of piperidine rings is 1. The van der Waals surface area contributed by atoms with Crippen LogP contribution in [0.25, 0.3) is 0 Å². The van der Waals surface area contributed by atoms with Gasteiger partial charge in [-0.25, -0.2) is 4.79 Å². The molecule has 0 spiro atoms. The molecular formula is C29H42N4O4. The Balaban J connectivity index is 1.03. The summed E-state index contributed by atoms with van der Waals surface area (Å²) in [6.45, 7) is 6.89. The lowest BCUT2D eigenvalue weighted by Crippen LogP contribution is -2.61. The standard InChI is InChI=1S/C29H42N4O4/c1-2-37-25-8-4-3-7-24(25)31-10-12-32(13-11-31)28(36)33-9-5-6-23(19-33)30-27(35)29-16-20-14-21(17-29)26(34)22(15-20)18-29/h3-4,7-8,20-23,26,34H,2,5-6,9-19H2,1H3,(H,30,35)/t20?,21-,22?,23+,26?,29?/m1/s1. The van der Waals surface area contributed by atoms with E-state index in [0.29, 0.717) is 44.0 Å². The maximum absolute atomic E-state index is 13.6. The number of aliphatic hydroxyl groups excluding tert-OH is 1. The molecule has 2 heterocycles. The first-order chi connectivity index (χ1) is 18.0. The number of aliphatic hydroxyl groups is 1. The molecule has 0 aromatic heterocycles. The van der Waals surface area contributed by atoms with Crippen molar-refractivity contribution in [3.05, 3.63) is 24.3 Å². The van der Waals surface area contributed by atoms with Gasteiger partial charge < -0.3 is 29.9 Å². The number of hydrogen-bond donors (Lipinski definition) is 2. The number of nitrogens with zero attached hydrogens (tertiary/aromatic N) is 3. The number of hydrogen-bond acceptors (Lipinski definition) is 5. The molecule has 2 saturated heterocycles. The first-order valence-corrected chi connectivity index (χ1v) is 14.5. The van der Waals surface area contributed by atoms with Crippen molar-refractivity contribution in [3.8, 4) is 5.75 Å². The van der Waals surface area contributed by atoms with Gasteiger partial charge in [-0.05, 0) is 81.8 Å². The number of amides is 3. The molecule has 1 aromatic rings. The summed E-state index contributed by atoms with van der Waals surface area (Å²) in [7, 11) is 0. The van der Waals surface area contributed by atoms with Gasteiger partial charge in [-0.3, -0.25) is 4.79 Å². The van der Waals surface area contributed by atoms with Gasteiger partial charge in [-0.1, -0.05) is 12.1 Å². The van der Waals surface area contributed by atoms with E-state index in [0.717, 1.165) is 76.0 Å². The Morgan fingerprint density at radius 1 is 1.03 bits per heavy atom. The molecule has 37 heavy (non-hydrogen) atoms. The lowest BCUT2D eigenvalue weighted by Gasteiger charge is -2.58. The summed E-state index contributed by atoms with van der Waals surface area (Å²) in [4.78, 5) is 33.2. The topological polar surface area (TPSA) is 85.4 Å². The molecule has 2 aliphatic heterocycles. The van der Waals surface area contributed by atoms with E-state index in [1.807, 2.05) is 34.9 Å². The highest BCUT2D eigenvalue weighted by Gasteiger charge is 2.58. The van der Waals surface area contributed by atoms with Crippen molar-refractivity contribution in [3.63, 3.8) is 0 Å². The third-order valence-electron chi connectivity index (χ3n) is 9.79. The van der Waals surface area contributed by atoms with Crippen molar-refractivity contribution in [1.82, 2.24) is 15.1 Å². The fourth-order valence-corrected chi connectivity index (χ4v) is 8.22. The van der Waals surface area contributed by atoms with Crippen LogP contribution >= 0.6 is 0 Å². The van der Waals surface area contributed by atoms with E-state index in [1.54, 1.807) is 0 Å². The van der Waals surface area contributed by atoms with E-state index in [-0.39, 0.29) is 29.5 Å². The molecule has 2 N–H and O–H groups in total. The fraction of sp³-hybridized carbons (Fsp3) is 0.724. The van der Waals surface area contributed by atoms with E-state index in [4.69, 9.17) is 4.74 Å². The molecule has 202 valence electrons. The Morgan fingerprint density at radius 3 is 2.49 bits per heavy atom. The summed E-state index contributed by atoms with van der Waals surface area (Å²) in [6.07, 6.45) is 6.44. The molecule has 4 bridgehead atoms. The molecule has 0 radical (unpaired) electrons. The molecule has 4 saturated carbocycles. The molecule has 8 heteroatoms.